The van der Waals surface area contributed by atoms with Gasteiger partial charge in [0.15, 0.2) is 0 Å². The van der Waals surface area contributed by atoms with Gasteiger partial charge in [-0.2, -0.15) is 5.26 Å². The zero-order valence-corrected chi connectivity index (χ0v) is 12.4. The summed E-state index contributed by atoms with van der Waals surface area (Å²) in [5.74, 6) is 0.520. The Labute approximate surface area is 121 Å². The molecule has 0 heterocycles. The van der Waals surface area contributed by atoms with Crippen LogP contribution in [0.5, 0.6) is 0 Å². The van der Waals surface area contributed by atoms with Gasteiger partial charge >= 0.3 is 0 Å². The van der Waals surface area contributed by atoms with Crippen molar-refractivity contribution < 1.29 is 0 Å². The van der Waals surface area contributed by atoms with Gasteiger partial charge in [0.05, 0.1) is 11.5 Å². The summed E-state index contributed by atoms with van der Waals surface area (Å²) in [6, 6.07) is 21.2. The first-order chi connectivity index (χ1) is 9.55. The van der Waals surface area contributed by atoms with Crippen molar-refractivity contribution in [3.8, 4) is 6.07 Å². The first-order valence-electron chi connectivity index (χ1n) is 7.11. The summed E-state index contributed by atoms with van der Waals surface area (Å²) in [4.78, 5) is 0. The molecule has 0 radical (unpaired) electrons. The fourth-order valence-electron chi connectivity index (χ4n) is 2.45. The van der Waals surface area contributed by atoms with Gasteiger partial charge in [0.25, 0.3) is 0 Å². The molecule has 0 aromatic heterocycles. The highest BCUT2D eigenvalue weighted by Crippen LogP contribution is 2.28. The van der Waals surface area contributed by atoms with Crippen LogP contribution in [0, 0.1) is 11.3 Å². The van der Waals surface area contributed by atoms with Crippen LogP contribution in [-0.2, 0) is 11.8 Å². The summed E-state index contributed by atoms with van der Waals surface area (Å²) in [7, 11) is 0. The highest BCUT2D eigenvalue weighted by atomic mass is 14.4. The minimum atomic E-state index is -0.475. The van der Waals surface area contributed by atoms with Crippen molar-refractivity contribution in [2.24, 2.45) is 0 Å². The molecule has 0 N–H and O–H groups in total. The zero-order valence-electron chi connectivity index (χ0n) is 12.4. The molecule has 2 aromatic carbocycles. The standard InChI is InChI=1S/C19H21N/c1-15(2)17-9-11-18(12-10-17)19(3,14-20)13-16-7-5-4-6-8-16/h4-12,15H,13H2,1-3H3. The lowest BCUT2D eigenvalue weighted by atomic mass is 9.78. The Morgan fingerprint density at radius 2 is 1.60 bits per heavy atom. The van der Waals surface area contributed by atoms with Gasteiger partial charge in [-0.25, -0.2) is 0 Å². The molecular formula is C19H21N. The van der Waals surface area contributed by atoms with Crippen LogP contribution < -0.4 is 0 Å². The summed E-state index contributed by atoms with van der Waals surface area (Å²) in [5, 5.41) is 9.63. The Balaban J connectivity index is 2.29. The second-order valence-corrected chi connectivity index (χ2v) is 5.88. The Kier molecular flexibility index (Phi) is 4.25. The number of hydrogen-bond acceptors (Lipinski definition) is 1. The van der Waals surface area contributed by atoms with E-state index in [1.807, 2.05) is 25.1 Å². The summed E-state index contributed by atoms with van der Waals surface area (Å²) in [6.45, 7) is 6.38. The Morgan fingerprint density at radius 3 is 2.10 bits per heavy atom. The van der Waals surface area contributed by atoms with Gasteiger partial charge in [0.2, 0.25) is 0 Å². The van der Waals surface area contributed by atoms with Crippen LogP contribution in [0.4, 0.5) is 0 Å². The van der Waals surface area contributed by atoms with Gasteiger partial charge in [0, 0.05) is 0 Å². The Hall–Kier alpha value is -2.07. The minimum absolute atomic E-state index is 0.475. The van der Waals surface area contributed by atoms with Gasteiger partial charge in [-0.3, -0.25) is 0 Å². The molecule has 0 aliphatic carbocycles. The SMILES string of the molecule is CC(C)c1ccc(C(C)(C#N)Cc2ccccc2)cc1. The maximum absolute atomic E-state index is 9.63. The fraction of sp³-hybridized carbons (Fsp3) is 0.316. The van der Waals surface area contributed by atoms with Crippen molar-refractivity contribution in [3.63, 3.8) is 0 Å². The van der Waals surface area contributed by atoms with Gasteiger partial charge in [-0.1, -0.05) is 68.4 Å². The molecule has 0 bridgehead atoms. The van der Waals surface area contributed by atoms with Crippen LogP contribution in [0.1, 0.15) is 43.4 Å². The molecule has 1 atom stereocenters. The van der Waals surface area contributed by atoms with Gasteiger partial charge < -0.3 is 0 Å². The van der Waals surface area contributed by atoms with Gasteiger partial charge in [-0.05, 0) is 36.0 Å². The Bertz CT molecular complexity index is 590. The molecule has 1 nitrogen and oxygen atoms in total. The average molecular weight is 263 g/mol. The number of rotatable bonds is 4. The van der Waals surface area contributed by atoms with Crippen molar-refractivity contribution >= 4 is 0 Å². The maximum Gasteiger partial charge on any atom is 0.0834 e. The number of hydrogen-bond donors (Lipinski definition) is 0. The van der Waals surface area contributed by atoms with E-state index < -0.39 is 5.41 Å². The molecule has 0 spiro atoms. The molecule has 1 heteroatoms. The third kappa shape index (κ3) is 3.08. The van der Waals surface area contributed by atoms with Crippen molar-refractivity contribution in [2.45, 2.75) is 38.5 Å². The molecule has 0 fully saturated rings. The maximum atomic E-state index is 9.63. The number of nitrogens with zero attached hydrogens (tertiary/aromatic N) is 1. The second-order valence-electron chi connectivity index (χ2n) is 5.88. The van der Waals surface area contributed by atoms with E-state index in [2.05, 4.69) is 56.3 Å². The lowest BCUT2D eigenvalue weighted by Gasteiger charge is -2.23. The highest BCUT2D eigenvalue weighted by Gasteiger charge is 2.26. The summed E-state index contributed by atoms with van der Waals surface area (Å²) in [6.07, 6.45) is 0.741. The zero-order chi connectivity index (χ0) is 14.6. The van der Waals surface area contributed by atoms with E-state index in [1.165, 1.54) is 11.1 Å². The van der Waals surface area contributed by atoms with Crippen molar-refractivity contribution in [3.05, 3.63) is 71.3 Å². The minimum Gasteiger partial charge on any atom is -0.197 e. The largest absolute Gasteiger partial charge is 0.197 e. The molecule has 20 heavy (non-hydrogen) atoms. The average Bonchev–Trinajstić information content (AvgIpc) is 2.48. The summed E-state index contributed by atoms with van der Waals surface area (Å²) >= 11 is 0. The number of nitriles is 1. The van der Waals surface area contributed by atoms with Crippen LogP contribution >= 0.6 is 0 Å². The summed E-state index contributed by atoms with van der Waals surface area (Å²) < 4.78 is 0. The highest BCUT2D eigenvalue weighted by molar-refractivity contribution is 5.37. The third-order valence-electron chi connectivity index (χ3n) is 3.86. The molecule has 0 saturated heterocycles. The molecule has 102 valence electrons. The lowest BCUT2D eigenvalue weighted by molar-refractivity contribution is 0.606. The fourth-order valence-corrected chi connectivity index (χ4v) is 2.45. The van der Waals surface area contributed by atoms with Crippen molar-refractivity contribution in [2.75, 3.05) is 0 Å². The molecular weight excluding hydrogens is 242 g/mol. The predicted octanol–water partition coefficient (Wildman–Crippen LogP) is 4.83. The topological polar surface area (TPSA) is 23.8 Å². The van der Waals surface area contributed by atoms with E-state index in [9.17, 15) is 5.26 Å². The first kappa shape index (κ1) is 14.3. The lowest BCUT2D eigenvalue weighted by Crippen LogP contribution is -2.22. The molecule has 0 aliphatic rings. The first-order valence-corrected chi connectivity index (χ1v) is 7.11. The Morgan fingerprint density at radius 1 is 1.00 bits per heavy atom. The van der Waals surface area contributed by atoms with E-state index in [4.69, 9.17) is 0 Å². The smallest absolute Gasteiger partial charge is 0.0834 e. The predicted molar refractivity (Wildman–Crippen MR) is 83.6 cm³/mol. The quantitative estimate of drug-likeness (QED) is 0.774. The number of benzene rings is 2. The van der Waals surface area contributed by atoms with Crippen LogP contribution in [0.15, 0.2) is 54.6 Å². The molecule has 0 amide bonds. The van der Waals surface area contributed by atoms with E-state index >= 15 is 0 Å². The molecule has 0 saturated carbocycles. The molecule has 1 unspecified atom stereocenters. The van der Waals surface area contributed by atoms with Crippen LogP contribution in [0.2, 0.25) is 0 Å². The normalized spacial score (nSPS) is 13.8. The van der Waals surface area contributed by atoms with Crippen molar-refractivity contribution in [1.29, 1.82) is 5.26 Å². The van der Waals surface area contributed by atoms with E-state index in [0.29, 0.717) is 5.92 Å². The van der Waals surface area contributed by atoms with E-state index in [1.54, 1.807) is 0 Å². The molecule has 2 rings (SSSR count). The monoisotopic (exact) mass is 263 g/mol. The summed E-state index contributed by atoms with van der Waals surface area (Å²) in [5.41, 5.74) is 3.13. The van der Waals surface area contributed by atoms with Crippen LogP contribution in [-0.4, -0.2) is 0 Å². The van der Waals surface area contributed by atoms with Gasteiger partial charge in [-0.15, -0.1) is 0 Å². The van der Waals surface area contributed by atoms with E-state index in [0.717, 1.165) is 12.0 Å². The van der Waals surface area contributed by atoms with E-state index in [-0.39, 0.29) is 0 Å². The third-order valence-corrected chi connectivity index (χ3v) is 3.86. The van der Waals surface area contributed by atoms with Gasteiger partial charge in [0.1, 0.15) is 0 Å². The molecule has 0 aliphatic heterocycles. The van der Waals surface area contributed by atoms with Crippen molar-refractivity contribution in [1.82, 2.24) is 0 Å². The second kappa shape index (κ2) is 5.92. The van der Waals surface area contributed by atoms with Crippen LogP contribution in [0.25, 0.3) is 0 Å². The molecule has 2 aromatic rings. The van der Waals surface area contributed by atoms with Crippen LogP contribution in [0.3, 0.4) is 0 Å².